The zero-order valence-corrected chi connectivity index (χ0v) is 14.6. The SMILES string of the molecule is Cc1ccc(NC(=O)CSCC(=O)N2CCC(C(=O)O)C2C)cc1. The molecule has 1 aromatic carbocycles. The monoisotopic (exact) mass is 350 g/mol. The first-order valence-electron chi connectivity index (χ1n) is 7.85. The van der Waals surface area contributed by atoms with Gasteiger partial charge in [0.1, 0.15) is 0 Å². The number of carbonyl (C=O) groups is 3. The lowest BCUT2D eigenvalue weighted by Gasteiger charge is -2.23. The lowest BCUT2D eigenvalue weighted by molar-refractivity contribution is -0.142. The molecular formula is C17H22N2O4S. The number of anilines is 1. The first kappa shape index (κ1) is 18.3. The van der Waals surface area contributed by atoms with E-state index in [1.165, 1.54) is 11.8 Å². The van der Waals surface area contributed by atoms with E-state index >= 15 is 0 Å². The highest BCUT2D eigenvalue weighted by Crippen LogP contribution is 2.25. The van der Waals surface area contributed by atoms with Gasteiger partial charge in [0.15, 0.2) is 0 Å². The van der Waals surface area contributed by atoms with Crippen LogP contribution in [0.15, 0.2) is 24.3 Å². The predicted octanol–water partition coefficient (Wildman–Crippen LogP) is 1.99. The number of amides is 2. The van der Waals surface area contributed by atoms with Crippen LogP contribution in [0.1, 0.15) is 18.9 Å². The first-order valence-corrected chi connectivity index (χ1v) is 9.00. The fourth-order valence-corrected chi connectivity index (χ4v) is 3.47. The van der Waals surface area contributed by atoms with Crippen molar-refractivity contribution >= 4 is 35.2 Å². The molecule has 1 aliphatic heterocycles. The van der Waals surface area contributed by atoms with Crippen molar-refractivity contribution in [1.29, 1.82) is 0 Å². The van der Waals surface area contributed by atoms with Gasteiger partial charge in [0.2, 0.25) is 11.8 Å². The lowest BCUT2D eigenvalue weighted by atomic mass is 10.0. The van der Waals surface area contributed by atoms with Crippen LogP contribution >= 0.6 is 11.8 Å². The number of aryl methyl sites for hydroxylation is 1. The number of rotatable bonds is 6. The normalized spacial score (nSPS) is 20.0. The summed E-state index contributed by atoms with van der Waals surface area (Å²) >= 11 is 1.24. The number of aliphatic carboxylic acids is 1. The van der Waals surface area contributed by atoms with E-state index in [-0.39, 0.29) is 29.4 Å². The zero-order valence-electron chi connectivity index (χ0n) is 13.8. The molecule has 130 valence electrons. The Labute approximate surface area is 145 Å². The van der Waals surface area contributed by atoms with E-state index in [0.29, 0.717) is 13.0 Å². The molecule has 0 aromatic heterocycles. The number of carboxylic acids is 1. The number of benzene rings is 1. The Morgan fingerprint density at radius 3 is 2.50 bits per heavy atom. The highest BCUT2D eigenvalue weighted by atomic mass is 32.2. The Morgan fingerprint density at radius 1 is 1.25 bits per heavy atom. The summed E-state index contributed by atoms with van der Waals surface area (Å²) in [5, 5.41) is 11.9. The molecule has 2 unspecified atom stereocenters. The lowest BCUT2D eigenvalue weighted by Crippen LogP contribution is -2.38. The molecule has 0 bridgehead atoms. The molecule has 0 spiro atoms. The number of thioether (sulfide) groups is 1. The highest BCUT2D eigenvalue weighted by molar-refractivity contribution is 8.00. The van der Waals surface area contributed by atoms with Gasteiger partial charge in [0.25, 0.3) is 0 Å². The van der Waals surface area contributed by atoms with Gasteiger partial charge in [-0.3, -0.25) is 14.4 Å². The Balaban J connectivity index is 1.73. The summed E-state index contributed by atoms with van der Waals surface area (Å²) in [7, 11) is 0. The van der Waals surface area contributed by atoms with Crippen LogP contribution in [0.5, 0.6) is 0 Å². The van der Waals surface area contributed by atoms with E-state index in [9.17, 15) is 14.4 Å². The Kier molecular flexibility index (Phi) is 6.25. The van der Waals surface area contributed by atoms with Crippen molar-refractivity contribution in [2.24, 2.45) is 5.92 Å². The Hall–Kier alpha value is -2.02. The van der Waals surface area contributed by atoms with E-state index in [1.54, 1.807) is 11.8 Å². The van der Waals surface area contributed by atoms with E-state index in [4.69, 9.17) is 5.11 Å². The molecule has 0 aliphatic carbocycles. The Bertz CT molecular complexity index is 618. The van der Waals surface area contributed by atoms with Crippen molar-refractivity contribution in [3.8, 4) is 0 Å². The van der Waals surface area contributed by atoms with E-state index in [2.05, 4.69) is 5.32 Å². The minimum atomic E-state index is -0.858. The molecule has 6 nitrogen and oxygen atoms in total. The molecule has 24 heavy (non-hydrogen) atoms. The van der Waals surface area contributed by atoms with Crippen LogP contribution in [0.25, 0.3) is 0 Å². The van der Waals surface area contributed by atoms with Crippen LogP contribution < -0.4 is 5.32 Å². The minimum absolute atomic E-state index is 0.112. The van der Waals surface area contributed by atoms with Crippen LogP contribution in [0, 0.1) is 12.8 Å². The molecule has 2 amide bonds. The van der Waals surface area contributed by atoms with Crippen molar-refractivity contribution in [1.82, 2.24) is 4.90 Å². The Morgan fingerprint density at radius 2 is 1.92 bits per heavy atom. The van der Waals surface area contributed by atoms with Gasteiger partial charge in [-0.05, 0) is 32.4 Å². The van der Waals surface area contributed by atoms with Crippen molar-refractivity contribution in [2.75, 3.05) is 23.4 Å². The number of hydrogen-bond acceptors (Lipinski definition) is 4. The molecular weight excluding hydrogens is 328 g/mol. The third-order valence-corrected chi connectivity index (χ3v) is 5.10. The number of hydrogen-bond donors (Lipinski definition) is 2. The molecule has 2 N–H and O–H groups in total. The fourth-order valence-electron chi connectivity index (χ4n) is 2.77. The summed E-state index contributed by atoms with van der Waals surface area (Å²) in [6, 6.07) is 7.21. The van der Waals surface area contributed by atoms with Gasteiger partial charge in [-0.2, -0.15) is 0 Å². The highest BCUT2D eigenvalue weighted by Gasteiger charge is 2.37. The zero-order chi connectivity index (χ0) is 17.7. The third kappa shape index (κ3) is 4.74. The summed E-state index contributed by atoms with van der Waals surface area (Å²) in [5.41, 5.74) is 1.85. The maximum atomic E-state index is 12.2. The average molecular weight is 350 g/mol. The third-order valence-electron chi connectivity index (χ3n) is 4.19. The van der Waals surface area contributed by atoms with Gasteiger partial charge < -0.3 is 15.3 Å². The second-order valence-corrected chi connectivity index (χ2v) is 6.95. The van der Waals surface area contributed by atoms with Crippen molar-refractivity contribution < 1.29 is 19.5 Å². The predicted molar refractivity (Wildman–Crippen MR) is 94.1 cm³/mol. The smallest absolute Gasteiger partial charge is 0.308 e. The molecule has 0 saturated carbocycles. The molecule has 7 heteroatoms. The van der Waals surface area contributed by atoms with Crippen molar-refractivity contribution in [2.45, 2.75) is 26.3 Å². The van der Waals surface area contributed by atoms with Gasteiger partial charge in [-0.1, -0.05) is 17.7 Å². The van der Waals surface area contributed by atoms with Gasteiger partial charge >= 0.3 is 5.97 Å². The molecule has 0 radical (unpaired) electrons. The average Bonchev–Trinajstić information content (AvgIpc) is 2.91. The number of nitrogens with zero attached hydrogens (tertiary/aromatic N) is 1. The molecule has 1 saturated heterocycles. The van der Waals surface area contributed by atoms with Crippen LogP contribution in [0.2, 0.25) is 0 Å². The van der Waals surface area contributed by atoms with Crippen molar-refractivity contribution in [3.05, 3.63) is 29.8 Å². The molecule has 2 atom stereocenters. The number of carbonyl (C=O) groups excluding carboxylic acids is 2. The largest absolute Gasteiger partial charge is 0.481 e. The molecule has 1 heterocycles. The second kappa shape index (κ2) is 8.19. The summed E-state index contributed by atoms with van der Waals surface area (Å²) < 4.78 is 0. The number of carboxylic acid groups (broad SMARTS) is 1. The van der Waals surface area contributed by atoms with Gasteiger partial charge in [0.05, 0.1) is 17.4 Å². The van der Waals surface area contributed by atoms with E-state index in [0.717, 1.165) is 11.3 Å². The summed E-state index contributed by atoms with van der Waals surface area (Å²) in [4.78, 5) is 36.7. The molecule has 1 aliphatic rings. The first-order chi connectivity index (χ1) is 11.4. The van der Waals surface area contributed by atoms with Crippen LogP contribution in [0.4, 0.5) is 5.69 Å². The number of nitrogens with one attached hydrogen (secondary N) is 1. The molecule has 1 fully saturated rings. The van der Waals surface area contributed by atoms with Crippen LogP contribution in [-0.4, -0.2) is 51.9 Å². The van der Waals surface area contributed by atoms with E-state index < -0.39 is 11.9 Å². The minimum Gasteiger partial charge on any atom is -0.481 e. The molecule has 2 rings (SSSR count). The second-order valence-electron chi connectivity index (χ2n) is 5.97. The maximum Gasteiger partial charge on any atom is 0.308 e. The topological polar surface area (TPSA) is 86.7 Å². The summed E-state index contributed by atoms with van der Waals surface area (Å²) in [6.45, 7) is 4.20. The summed E-state index contributed by atoms with van der Waals surface area (Å²) in [6.07, 6.45) is 0.487. The fraction of sp³-hybridized carbons (Fsp3) is 0.471. The van der Waals surface area contributed by atoms with Crippen molar-refractivity contribution in [3.63, 3.8) is 0 Å². The van der Waals surface area contributed by atoms with Gasteiger partial charge in [-0.25, -0.2) is 0 Å². The summed E-state index contributed by atoms with van der Waals surface area (Å²) in [5.74, 6) is -1.26. The standard InChI is InChI=1S/C17H22N2O4S/c1-11-3-5-13(6-4-11)18-15(20)9-24-10-16(21)19-8-7-14(12(19)2)17(22)23/h3-6,12,14H,7-10H2,1-2H3,(H,18,20)(H,22,23). The number of likely N-dealkylation sites (tertiary alicyclic amines) is 1. The van der Waals surface area contributed by atoms with E-state index in [1.807, 2.05) is 31.2 Å². The maximum absolute atomic E-state index is 12.2. The van der Waals surface area contributed by atoms with Gasteiger partial charge in [0, 0.05) is 18.3 Å². The quantitative estimate of drug-likeness (QED) is 0.819. The molecule has 1 aromatic rings. The van der Waals surface area contributed by atoms with Crippen LogP contribution in [0.3, 0.4) is 0 Å². The van der Waals surface area contributed by atoms with Gasteiger partial charge in [-0.15, -0.1) is 11.8 Å². The van der Waals surface area contributed by atoms with Crippen LogP contribution in [-0.2, 0) is 14.4 Å².